The van der Waals surface area contributed by atoms with Gasteiger partial charge >= 0.3 is 0 Å². The summed E-state index contributed by atoms with van der Waals surface area (Å²) in [6.07, 6.45) is 3.41. The van der Waals surface area contributed by atoms with E-state index in [0.29, 0.717) is 0 Å². The fourth-order valence-electron chi connectivity index (χ4n) is 0.748. The number of unbranched alkanes of at least 4 members (excludes halogenated alkanes) is 1. The van der Waals surface area contributed by atoms with Crippen molar-refractivity contribution < 1.29 is 0 Å². The molecular weight excluding hydrogens is 194 g/mol. The van der Waals surface area contributed by atoms with E-state index in [0.717, 1.165) is 16.7 Å². The molecule has 0 radical (unpaired) electrons. The van der Waals surface area contributed by atoms with Crippen molar-refractivity contribution in [1.29, 1.82) is 0 Å². The number of nitrogens with one attached hydrogen (secondary N) is 1. The highest BCUT2D eigenvalue weighted by Crippen LogP contribution is 2.11. The smallest absolute Gasteiger partial charge is 0.151 e. The first-order valence-corrected chi connectivity index (χ1v) is 4.19. The second-order valence-corrected chi connectivity index (χ2v) is 2.94. The zero-order valence-corrected chi connectivity index (χ0v) is 7.48. The zero-order valence-electron chi connectivity index (χ0n) is 5.89. The Morgan fingerprint density at radius 1 is 1.60 bits per heavy atom. The summed E-state index contributed by atoms with van der Waals surface area (Å²) in [5.74, 6) is 0. The molecule has 1 aromatic heterocycles. The molecule has 0 saturated heterocycles. The van der Waals surface area contributed by atoms with E-state index in [4.69, 9.17) is 0 Å². The molecule has 0 aliphatic rings. The summed E-state index contributed by atoms with van der Waals surface area (Å²) in [5.41, 5.74) is 1.10. The molecular formula is C6H10BrN3. The Bertz CT molecular complexity index is 197. The van der Waals surface area contributed by atoms with E-state index in [1.807, 2.05) is 0 Å². The second kappa shape index (κ2) is 3.71. The lowest BCUT2D eigenvalue weighted by Gasteiger charge is -1.92. The van der Waals surface area contributed by atoms with E-state index in [1.54, 1.807) is 0 Å². The molecule has 1 heterocycles. The van der Waals surface area contributed by atoms with Gasteiger partial charge in [-0.05, 0) is 28.8 Å². The maximum absolute atomic E-state index is 3.78. The molecule has 0 aliphatic carbocycles. The molecule has 3 nitrogen and oxygen atoms in total. The molecule has 0 unspecified atom stereocenters. The standard InChI is InChI=1S/C6H10BrN3/c1-2-3-4-5-6(7)9-10-8-5/h2-4H2,1H3,(H,8,9,10). The fourth-order valence-corrected chi connectivity index (χ4v) is 1.11. The van der Waals surface area contributed by atoms with E-state index in [-0.39, 0.29) is 0 Å². The van der Waals surface area contributed by atoms with E-state index in [2.05, 4.69) is 38.3 Å². The molecule has 0 spiro atoms. The maximum atomic E-state index is 3.78. The van der Waals surface area contributed by atoms with Crippen molar-refractivity contribution in [3.8, 4) is 0 Å². The van der Waals surface area contributed by atoms with Crippen molar-refractivity contribution in [2.45, 2.75) is 26.2 Å². The van der Waals surface area contributed by atoms with Crippen molar-refractivity contribution in [3.05, 3.63) is 10.3 Å². The third kappa shape index (κ3) is 1.80. The van der Waals surface area contributed by atoms with Crippen LogP contribution in [-0.4, -0.2) is 15.4 Å². The van der Waals surface area contributed by atoms with Gasteiger partial charge < -0.3 is 0 Å². The Morgan fingerprint density at radius 3 is 2.90 bits per heavy atom. The molecule has 56 valence electrons. The van der Waals surface area contributed by atoms with Gasteiger partial charge in [-0.15, -0.1) is 5.10 Å². The highest BCUT2D eigenvalue weighted by atomic mass is 79.9. The number of halogens is 1. The van der Waals surface area contributed by atoms with Crippen LogP contribution in [0.2, 0.25) is 0 Å². The van der Waals surface area contributed by atoms with Crippen molar-refractivity contribution in [2.75, 3.05) is 0 Å². The average Bonchev–Trinajstić information content (AvgIpc) is 2.31. The Kier molecular flexibility index (Phi) is 2.86. The Labute approximate surface area is 68.3 Å². The van der Waals surface area contributed by atoms with Gasteiger partial charge in [0.05, 0.1) is 5.69 Å². The van der Waals surface area contributed by atoms with Gasteiger partial charge in [-0.3, -0.25) is 5.10 Å². The van der Waals surface area contributed by atoms with Crippen molar-refractivity contribution in [2.24, 2.45) is 0 Å². The zero-order chi connectivity index (χ0) is 7.40. The molecule has 0 bridgehead atoms. The second-order valence-electron chi connectivity index (χ2n) is 2.18. The van der Waals surface area contributed by atoms with Crippen LogP contribution in [0.3, 0.4) is 0 Å². The van der Waals surface area contributed by atoms with Crippen LogP contribution in [0.1, 0.15) is 25.5 Å². The van der Waals surface area contributed by atoms with Crippen molar-refractivity contribution in [3.63, 3.8) is 0 Å². The minimum atomic E-state index is 0.848. The minimum absolute atomic E-state index is 0.848. The Balaban J connectivity index is 2.49. The topological polar surface area (TPSA) is 41.6 Å². The van der Waals surface area contributed by atoms with E-state index >= 15 is 0 Å². The predicted molar refractivity (Wildman–Crippen MR) is 42.7 cm³/mol. The van der Waals surface area contributed by atoms with Crippen molar-refractivity contribution in [1.82, 2.24) is 15.4 Å². The molecule has 4 heteroatoms. The van der Waals surface area contributed by atoms with Gasteiger partial charge in [-0.1, -0.05) is 18.6 Å². The van der Waals surface area contributed by atoms with Gasteiger partial charge in [0.2, 0.25) is 0 Å². The van der Waals surface area contributed by atoms with Gasteiger partial charge in [-0.2, -0.15) is 0 Å². The Morgan fingerprint density at radius 2 is 2.40 bits per heavy atom. The van der Waals surface area contributed by atoms with Crippen LogP contribution in [0.25, 0.3) is 0 Å². The number of H-pyrrole nitrogens is 1. The third-order valence-electron chi connectivity index (χ3n) is 1.35. The van der Waals surface area contributed by atoms with Gasteiger partial charge in [-0.25, -0.2) is 0 Å². The van der Waals surface area contributed by atoms with Crippen LogP contribution in [-0.2, 0) is 6.42 Å². The van der Waals surface area contributed by atoms with Gasteiger partial charge in [0, 0.05) is 0 Å². The minimum Gasteiger partial charge on any atom is -0.261 e. The molecule has 0 amide bonds. The number of hydrogen-bond acceptors (Lipinski definition) is 2. The number of hydrogen-bond donors (Lipinski definition) is 1. The van der Waals surface area contributed by atoms with Crippen LogP contribution in [0.15, 0.2) is 4.60 Å². The molecule has 1 aromatic rings. The van der Waals surface area contributed by atoms with E-state index in [9.17, 15) is 0 Å². The predicted octanol–water partition coefficient (Wildman–Crippen LogP) is 1.91. The first-order chi connectivity index (χ1) is 4.84. The van der Waals surface area contributed by atoms with Gasteiger partial charge in [0.1, 0.15) is 0 Å². The third-order valence-corrected chi connectivity index (χ3v) is 1.99. The average molecular weight is 204 g/mol. The summed E-state index contributed by atoms with van der Waals surface area (Å²) < 4.78 is 0.848. The number of aromatic nitrogens is 3. The summed E-state index contributed by atoms with van der Waals surface area (Å²) in [5, 5.41) is 10.3. The Hall–Kier alpha value is -0.380. The number of nitrogens with zero attached hydrogens (tertiary/aromatic N) is 2. The fraction of sp³-hybridized carbons (Fsp3) is 0.667. The number of aromatic amines is 1. The SMILES string of the molecule is CCCCc1[nH]nnc1Br. The first-order valence-electron chi connectivity index (χ1n) is 3.40. The van der Waals surface area contributed by atoms with Crippen LogP contribution in [0.4, 0.5) is 0 Å². The van der Waals surface area contributed by atoms with E-state index < -0.39 is 0 Å². The molecule has 10 heavy (non-hydrogen) atoms. The molecule has 0 saturated carbocycles. The molecule has 0 aliphatic heterocycles. The molecule has 1 N–H and O–H groups in total. The lowest BCUT2D eigenvalue weighted by Crippen LogP contribution is -1.85. The number of rotatable bonds is 3. The summed E-state index contributed by atoms with van der Waals surface area (Å²) in [4.78, 5) is 0. The summed E-state index contributed by atoms with van der Waals surface area (Å²) >= 11 is 3.29. The normalized spacial score (nSPS) is 10.2. The van der Waals surface area contributed by atoms with Crippen LogP contribution in [0, 0.1) is 0 Å². The molecule has 1 rings (SSSR count). The molecule has 0 fully saturated rings. The molecule has 0 atom stereocenters. The van der Waals surface area contributed by atoms with Crippen LogP contribution >= 0.6 is 15.9 Å². The number of aryl methyl sites for hydroxylation is 1. The van der Waals surface area contributed by atoms with E-state index in [1.165, 1.54) is 12.8 Å². The summed E-state index contributed by atoms with van der Waals surface area (Å²) in [6.45, 7) is 2.16. The summed E-state index contributed by atoms with van der Waals surface area (Å²) in [7, 11) is 0. The van der Waals surface area contributed by atoms with Crippen LogP contribution < -0.4 is 0 Å². The van der Waals surface area contributed by atoms with Gasteiger partial charge in [0.15, 0.2) is 4.60 Å². The van der Waals surface area contributed by atoms with Gasteiger partial charge in [0.25, 0.3) is 0 Å². The van der Waals surface area contributed by atoms with Crippen LogP contribution in [0.5, 0.6) is 0 Å². The quantitative estimate of drug-likeness (QED) is 0.816. The summed E-state index contributed by atoms with van der Waals surface area (Å²) in [6, 6.07) is 0. The maximum Gasteiger partial charge on any atom is 0.151 e. The largest absolute Gasteiger partial charge is 0.261 e. The molecule has 0 aromatic carbocycles. The first kappa shape index (κ1) is 7.72. The van der Waals surface area contributed by atoms with Crippen molar-refractivity contribution >= 4 is 15.9 Å². The monoisotopic (exact) mass is 203 g/mol. The lowest BCUT2D eigenvalue weighted by molar-refractivity contribution is 0.768. The highest BCUT2D eigenvalue weighted by molar-refractivity contribution is 9.10. The highest BCUT2D eigenvalue weighted by Gasteiger charge is 2.00. The lowest BCUT2D eigenvalue weighted by atomic mass is 10.2.